The summed E-state index contributed by atoms with van der Waals surface area (Å²) in [5, 5.41) is 2.67. The summed E-state index contributed by atoms with van der Waals surface area (Å²) >= 11 is 0. The number of nitrogens with one attached hydrogen (secondary N) is 1. The maximum absolute atomic E-state index is 12.5. The van der Waals surface area contributed by atoms with Crippen molar-refractivity contribution in [2.24, 2.45) is 0 Å². The van der Waals surface area contributed by atoms with Crippen molar-refractivity contribution in [1.82, 2.24) is 0 Å². The number of ketones is 1. The van der Waals surface area contributed by atoms with Crippen LogP contribution in [0.15, 0.2) is 59.8 Å². The van der Waals surface area contributed by atoms with Crippen LogP contribution in [0.1, 0.15) is 19.4 Å². The molecular weight excluding hydrogens is 356 g/mol. The van der Waals surface area contributed by atoms with Gasteiger partial charge in [0.15, 0.2) is 18.2 Å². The molecule has 136 valence electrons. The molecule has 0 bridgehead atoms. The number of carbonyl (C=O) groups excluding carboxylic acids is 2. The van der Waals surface area contributed by atoms with E-state index < -0.39 is 10.1 Å². The molecule has 0 saturated carbocycles. The van der Waals surface area contributed by atoms with Gasteiger partial charge in [0.1, 0.15) is 0 Å². The van der Waals surface area contributed by atoms with Gasteiger partial charge in [-0.15, -0.1) is 0 Å². The third kappa shape index (κ3) is 5.08. The van der Waals surface area contributed by atoms with E-state index in [0.717, 1.165) is 0 Å². The highest BCUT2D eigenvalue weighted by molar-refractivity contribution is 7.85. The normalized spacial score (nSPS) is 11.9. The molecule has 7 nitrogen and oxygen atoms in total. The second-order valence-corrected chi connectivity index (χ2v) is 7.04. The zero-order valence-electron chi connectivity index (χ0n) is 14.3. The molecule has 0 fully saturated rings. The SMILES string of the molecule is C/C=C(\C(=O)Nc1ccc(S(=O)(=O)O)cc1)c1cc[n+](CC(C)=O)cc1. The summed E-state index contributed by atoms with van der Waals surface area (Å²) in [6.07, 6.45) is 5.09. The molecule has 0 atom stereocenters. The van der Waals surface area contributed by atoms with Crippen molar-refractivity contribution in [2.45, 2.75) is 25.3 Å². The summed E-state index contributed by atoms with van der Waals surface area (Å²) in [6.45, 7) is 3.49. The molecule has 26 heavy (non-hydrogen) atoms. The third-order valence-electron chi connectivity index (χ3n) is 3.55. The monoisotopic (exact) mass is 375 g/mol. The van der Waals surface area contributed by atoms with Crippen molar-refractivity contribution in [3.63, 3.8) is 0 Å². The van der Waals surface area contributed by atoms with Gasteiger partial charge >= 0.3 is 0 Å². The van der Waals surface area contributed by atoms with Crippen LogP contribution in [-0.4, -0.2) is 24.7 Å². The lowest BCUT2D eigenvalue weighted by Crippen LogP contribution is -2.36. The highest BCUT2D eigenvalue weighted by Crippen LogP contribution is 2.18. The molecule has 0 aliphatic heterocycles. The molecule has 1 aromatic carbocycles. The zero-order chi connectivity index (χ0) is 19.3. The molecule has 0 aliphatic carbocycles. The highest BCUT2D eigenvalue weighted by Gasteiger charge is 2.14. The molecule has 1 aromatic heterocycles. The smallest absolute Gasteiger partial charge is 0.294 e. The van der Waals surface area contributed by atoms with Gasteiger partial charge in [-0.3, -0.25) is 14.1 Å². The Balaban J connectivity index is 2.15. The number of aromatic nitrogens is 1. The first-order chi connectivity index (χ1) is 12.2. The van der Waals surface area contributed by atoms with Crippen LogP contribution in [0.3, 0.4) is 0 Å². The lowest BCUT2D eigenvalue weighted by atomic mass is 10.1. The van der Waals surface area contributed by atoms with E-state index in [1.165, 1.54) is 31.2 Å². The Kier molecular flexibility index (Phi) is 6.01. The minimum Gasteiger partial charge on any atom is -0.322 e. The second-order valence-electron chi connectivity index (χ2n) is 5.62. The van der Waals surface area contributed by atoms with Crippen molar-refractivity contribution >= 4 is 33.1 Å². The summed E-state index contributed by atoms with van der Waals surface area (Å²) in [5.41, 5.74) is 1.50. The lowest BCUT2D eigenvalue weighted by molar-refractivity contribution is -0.684. The number of benzene rings is 1. The highest BCUT2D eigenvalue weighted by atomic mass is 32.2. The number of pyridine rings is 1. The van der Waals surface area contributed by atoms with E-state index in [0.29, 0.717) is 16.8 Å². The standard InChI is InChI=1S/C18H18N2O5S/c1-3-17(14-8-10-20(11-9-14)12-13(2)21)18(22)19-15-4-6-16(7-5-15)26(23,24)25/h3-11H,12H2,1-2H3,(H-,19,22,23,24,25)/p+1/b17-3-. The Morgan fingerprint density at radius 2 is 1.69 bits per heavy atom. The van der Waals surface area contributed by atoms with Crippen LogP contribution in [0, 0.1) is 0 Å². The first-order valence-corrected chi connectivity index (χ1v) is 9.19. The zero-order valence-corrected chi connectivity index (χ0v) is 15.2. The van der Waals surface area contributed by atoms with Crippen LogP contribution in [0.4, 0.5) is 5.69 Å². The van der Waals surface area contributed by atoms with Gasteiger partial charge in [0.05, 0.1) is 4.90 Å². The van der Waals surface area contributed by atoms with Gasteiger partial charge in [0.25, 0.3) is 16.0 Å². The molecule has 2 N–H and O–H groups in total. The lowest BCUT2D eigenvalue weighted by Gasteiger charge is -2.09. The molecule has 1 amide bonds. The minimum absolute atomic E-state index is 0.0279. The number of anilines is 1. The maximum Gasteiger partial charge on any atom is 0.294 e. The van der Waals surface area contributed by atoms with Gasteiger partial charge in [-0.05, 0) is 36.8 Å². The van der Waals surface area contributed by atoms with Crippen LogP contribution in [0.5, 0.6) is 0 Å². The fourth-order valence-corrected chi connectivity index (χ4v) is 2.82. The van der Waals surface area contributed by atoms with E-state index in [-0.39, 0.29) is 23.1 Å². The van der Waals surface area contributed by atoms with Crippen LogP contribution < -0.4 is 9.88 Å². The predicted octanol–water partition coefficient (Wildman–Crippen LogP) is 1.85. The topological polar surface area (TPSA) is 104 Å². The summed E-state index contributed by atoms with van der Waals surface area (Å²) in [5.74, 6) is -0.337. The van der Waals surface area contributed by atoms with E-state index >= 15 is 0 Å². The Morgan fingerprint density at radius 1 is 1.12 bits per heavy atom. The predicted molar refractivity (Wildman–Crippen MR) is 95.9 cm³/mol. The molecular formula is C18H19N2O5S+. The number of hydrogen-bond donors (Lipinski definition) is 2. The molecule has 0 saturated heterocycles. The van der Waals surface area contributed by atoms with Crippen LogP contribution in [-0.2, 0) is 26.3 Å². The van der Waals surface area contributed by atoms with Crippen molar-refractivity contribution in [2.75, 3.05) is 5.32 Å². The molecule has 1 heterocycles. The fraction of sp³-hybridized carbons (Fsp3) is 0.167. The van der Waals surface area contributed by atoms with Crippen LogP contribution in [0.25, 0.3) is 5.57 Å². The Hall–Kier alpha value is -2.84. The summed E-state index contributed by atoms with van der Waals surface area (Å²) in [4.78, 5) is 23.4. The van der Waals surface area contributed by atoms with Gasteiger partial charge in [0, 0.05) is 30.3 Å². The molecule has 2 aromatic rings. The molecule has 2 rings (SSSR count). The van der Waals surface area contributed by atoms with E-state index in [4.69, 9.17) is 4.55 Å². The number of Topliss-reactive ketones (excluding diaryl/α,β-unsaturated/α-hetero) is 1. The van der Waals surface area contributed by atoms with Crippen molar-refractivity contribution in [3.05, 3.63) is 60.4 Å². The summed E-state index contributed by atoms with van der Waals surface area (Å²) in [7, 11) is -4.28. The van der Waals surface area contributed by atoms with Crippen LogP contribution in [0.2, 0.25) is 0 Å². The van der Waals surface area contributed by atoms with Crippen molar-refractivity contribution in [1.29, 1.82) is 0 Å². The van der Waals surface area contributed by atoms with Gasteiger partial charge in [-0.1, -0.05) is 6.08 Å². The number of amides is 1. The molecule has 0 radical (unpaired) electrons. The Morgan fingerprint density at radius 3 is 2.15 bits per heavy atom. The number of rotatable bonds is 6. The van der Waals surface area contributed by atoms with Gasteiger partial charge < -0.3 is 5.32 Å². The van der Waals surface area contributed by atoms with Crippen molar-refractivity contribution in [3.8, 4) is 0 Å². The van der Waals surface area contributed by atoms with E-state index in [9.17, 15) is 18.0 Å². The van der Waals surface area contributed by atoms with Gasteiger partial charge in [-0.25, -0.2) is 0 Å². The fourth-order valence-electron chi connectivity index (χ4n) is 2.34. The minimum atomic E-state index is -4.28. The van der Waals surface area contributed by atoms with E-state index in [1.807, 2.05) is 0 Å². The number of nitrogens with zero attached hydrogens (tertiary/aromatic N) is 1. The molecule has 8 heteroatoms. The quantitative estimate of drug-likeness (QED) is 0.455. The molecule has 0 spiro atoms. The largest absolute Gasteiger partial charge is 0.322 e. The van der Waals surface area contributed by atoms with Gasteiger partial charge in [-0.2, -0.15) is 13.0 Å². The van der Waals surface area contributed by atoms with Gasteiger partial charge in [0.2, 0.25) is 6.54 Å². The van der Waals surface area contributed by atoms with Crippen LogP contribution >= 0.6 is 0 Å². The molecule has 0 aliphatic rings. The summed E-state index contributed by atoms with van der Waals surface area (Å²) in [6, 6.07) is 8.65. The van der Waals surface area contributed by atoms with E-state index in [1.54, 1.807) is 42.1 Å². The first kappa shape index (κ1) is 19.5. The van der Waals surface area contributed by atoms with Crippen molar-refractivity contribution < 1.29 is 27.1 Å². The number of allylic oxidation sites excluding steroid dienone is 1. The Labute approximate surface area is 151 Å². The first-order valence-electron chi connectivity index (χ1n) is 7.75. The molecule has 0 unspecified atom stereocenters. The maximum atomic E-state index is 12.5. The Bertz CT molecular complexity index is 946. The number of hydrogen-bond acceptors (Lipinski definition) is 4. The van der Waals surface area contributed by atoms with E-state index in [2.05, 4.69) is 5.32 Å². The third-order valence-corrected chi connectivity index (χ3v) is 4.42. The average Bonchev–Trinajstić information content (AvgIpc) is 2.56. The number of carbonyl (C=O) groups is 2. The second kappa shape index (κ2) is 8.03. The summed E-state index contributed by atoms with van der Waals surface area (Å²) < 4.78 is 32.8. The average molecular weight is 375 g/mol.